The van der Waals surface area contributed by atoms with Gasteiger partial charge in [0.25, 0.3) is 0 Å². The number of carbonyl (C=O) groups excluding carboxylic acids is 2. The van der Waals surface area contributed by atoms with E-state index >= 15 is 0 Å². The fraction of sp³-hybridized carbons (Fsp3) is 0.875. The highest BCUT2D eigenvalue weighted by atomic mass is 16.7. The molecule has 1 aliphatic heterocycles. The van der Waals surface area contributed by atoms with Gasteiger partial charge in [-0.15, -0.1) is 0 Å². The second kappa shape index (κ2) is 6.05. The fourth-order valence-electron chi connectivity index (χ4n) is 4.43. The summed E-state index contributed by atoms with van der Waals surface area (Å²) < 4.78 is 16.8. The predicted molar refractivity (Wildman–Crippen MR) is 74.4 cm³/mol. The topological polar surface area (TPSA) is 61.8 Å². The Morgan fingerprint density at radius 3 is 2.76 bits per heavy atom. The van der Waals surface area contributed by atoms with Gasteiger partial charge in [0.05, 0.1) is 25.7 Å². The van der Waals surface area contributed by atoms with E-state index in [1.807, 2.05) is 6.92 Å². The van der Waals surface area contributed by atoms with Gasteiger partial charge in [0, 0.05) is 18.8 Å². The number of carbonyl (C=O) groups is 2. The molecule has 4 atom stereocenters. The summed E-state index contributed by atoms with van der Waals surface area (Å²) in [6.45, 7) is 3.51. The molecule has 118 valence electrons. The molecule has 0 aromatic heterocycles. The van der Waals surface area contributed by atoms with Crippen molar-refractivity contribution in [3.63, 3.8) is 0 Å². The lowest BCUT2D eigenvalue weighted by atomic mass is 9.61. The Morgan fingerprint density at radius 1 is 1.33 bits per heavy atom. The van der Waals surface area contributed by atoms with Crippen LogP contribution in [-0.4, -0.2) is 37.9 Å². The van der Waals surface area contributed by atoms with Crippen molar-refractivity contribution in [1.82, 2.24) is 0 Å². The van der Waals surface area contributed by atoms with E-state index in [2.05, 4.69) is 0 Å². The van der Waals surface area contributed by atoms with E-state index in [0.717, 1.165) is 32.0 Å². The SMILES string of the molecule is CCOC(=O)[C@H]1CC(C=O)[C@@H]2CCC3(C[C@H]2C1)OCCO3. The van der Waals surface area contributed by atoms with E-state index in [4.69, 9.17) is 14.2 Å². The lowest BCUT2D eigenvalue weighted by Crippen LogP contribution is -2.46. The zero-order valence-electron chi connectivity index (χ0n) is 12.6. The fourth-order valence-corrected chi connectivity index (χ4v) is 4.43. The van der Waals surface area contributed by atoms with Crippen LogP contribution in [0.1, 0.15) is 39.0 Å². The average molecular weight is 296 g/mol. The van der Waals surface area contributed by atoms with Gasteiger partial charge in [-0.2, -0.15) is 0 Å². The van der Waals surface area contributed by atoms with Crippen LogP contribution in [0.5, 0.6) is 0 Å². The molecule has 2 saturated carbocycles. The number of hydrogen-bond donors (Lipinski definition) is 0. The maximum absolute atomic E-state index is 12.0. The quantitative estimate of drug-likeness (QED) is 0.588. The van der Waals surface area contributed by atoms with E-state index in [-0.39, 0.29) is 17.8 Å². The normalized spacial score (nSPS) is 38.0. The third kappa shape index (κ3) is 2.86. The second-order valence-corrected chi connectivity index (χ2v) is 6.49. The molecular weight excluding hydrogens is 272 g/mol. The Morgan fingerprint density at radius 2 is 2.10 bits per heavy atom. The Hall–Kier alpha value is -0.940. The molecular formula is C16H24O5. The van der Waals surface area contributed by atoms with Crippen LogP contribution in [0.25, 0.3) is 0 Å². The first kappa shape index (κ1) is 15.0. The molecule has 0 aromatic carbocycles. The molecule has 5 heteroatoms. The lowest BCUT2D eigenvalue weighted by Gasteiger charge is -2.47. The summed E-state index contributed by atoms with van der Waals surface area (Å²) in [5.74, 6) is -0.113. The molecule has 0 N–H and O–H groups in total. The van der Waals surface area contributed by atoms with Gasteiger partial charge >= 0.3 is 5.97 Å². The Balaban J connectivity index is 1.72. The van der Waals surface area contributed by atoms with Crippen molar-refractivity contribution in [2.24, 2.45) is 23.7 Å². The summed E-state index contributed by atoms with van der Waals surface area (Å²) in [5.41, 5.74) is 0. The van der Waals surface area contributed by atoms with Crippen LogP contribution in [0.2, 0.25) is 0 Å². The minimum Gasteiger partial charge on any atom is -0.466 e. The van der Waals surface area contributed by atoms with Gasteiger partial charge in [-0.1, -0.05) is 0 Å². The van der Waals surface area contributed by atoms with Crippen molar-refractivity contribution in [1.29, 1.82) is 0 Å². The van der Waals surface area contributed by atoms with Crippen LogP contribution < -0.4 is 0 Å². The zero-order chi connectivity index (χ0) is 14.9. The lowest BCUT2D eigenvalue weighted by molar-refractivity contribution is -0.205. The highest BCUT2D eigenvalue weighted by Gasteiger charge is 2.50. The smallest absolute Gasteiger partial charge is 0.308 e. The van der Waals surface area contributed by atoms with Gasteiger partial charge in [0.1, 0.15) is 6.29 Å². The van der Waals surface area contributed by atoms with Crippen molar-refractivity contribution in [2.45, 2.75) is 44.8 Å². The number of aldehydes is 1. The molecule has 0 aromatic rings. The van der Waals surface area contributed by atoms with Crippen LogP contribution in [0.4, 0.5) is 0 Å². The number of fused-ring (bicyclic) bond motifs is 1. The highest BCUT2D eigenvalue weighted by Crippen LogP contribution is 2.50. The van der Waals surface area contributed by atoms with Crippen LogP contribution in [0, 0.1) is 23.7 Å². The molecule has 1 unspecified atom stereocenters. The molecule has 0 amide bonds. The minimum atomic E-state index is -0.453. The molecule has 3 fully saturated rings. The number of rotatable bonds is 3. The number of ether oxygens (including phenoxy) is 3. The van der Waals surface area contributed by atoms with Crippen molar-refractivity contribution in [3.8, 4) is 0 Å². The summed E-state index contributed by atoms with van der Waals surface area (Å²) in [4.78, 5) is 23.5. The van der Waals surface area contributed by atoms with Gasteiger partial charge < -0.3 is 19.0 Å². The molecule has 21 heavy (non-hydrogen) atoms. The van der Waals surface area contributed by atoms with Gasteiger partial charge in [-0.3, -0.25) is 4.79 Å². The minimum absolute atomic E-state index is 0.0306. The molecule has 1 saturated heterocycles. The standard InChI is InChI=1S/C16H24O5/c1-2-19-15(18)11-7-12-9-16(20-5-6-21-16)4-3-14(12)13(8-11)10-17/h10-14H,2-9H2,1H3/t11-,12-,13?,14-/m1/s1. The third-order valence-electron chi connectivity index (χ3n) is 5.34. The highest BCUT2D eigenvalue weighted by molar-refractivity contribution is 5.73. The molecule has 1 heterocycles. The third-order valence-corrected chi connectivity index (χ3v) is 5.34. The summed E-state index contributed by atoms with van der Waals surface area (Å²) >= 11 is 0. The van der Waals surface area contributed by atoms with Crippen LogP contribution >= 0.6 is 0 Å². The Bertz CT molecular complexity index is 401. The van der Waals surface area contributed by atoms with Gasteiger partial charge in [0.15, 0.2) is 5.79 Å². The largest absolute Gasteiger partial charge is 0.466 e. The van der Waals surface area contributed by atoms with E-state index in [1.165, 1.54) is 0 Å². The summed E-state index contributed by atoms with van der Waals surface area (Å²) in [7, 11) is 0. The monoisotopic (exact) mass is 296 g/mol. The van der Waals surface area contributed by atoms with E-state index < -0.39 is 5.79 Å². The number of hydrogen-bond acceptors (Lipinski definition) is 5. The molecule has 2 aliphatic carbocycles. The first-order valence-corrected chi connectivity index (χ1v) is 8.07. The summed E-state index contributed by atoms with van der Waals surface area (Å²) in [6.07, 6.45) is 5.09. The van der Waals surface area contributed by atoms with Gasteiger partial charge in [0.2, 0.25) is 0 Å². The molecule has 3 rings (SSSR count). The van der Waals surface area contributed by atoms with Gasteiger partial charge in [-0.05, 0) is 38.0 Å². The van der Waals surface area contributed by atoms with Crippen LogP contribution in [-0.2, 0) is 23.8 Å². The van der Waals surface area contributed by atoms with Gasteiger partial charge in [-0.25, -0.2) is 0 Å². The van der Waals surface area contributed by atoms with Crippen molar-refractivity contribution < 1.29 is 23.8 Å². The Labute approximate surface area is 125 Å². The molecule has 0 bridgehead atoms. The Kier molecular flexibility index (Phi) is 4.31. The van der Waals surface area contributed by atoms with Crippen molar-refractivity contribution in [3.05, 3.63) is 0 Å². The maximum Gasteiger partial charge on any atom is 0.308 e. The number of esters is 1. The average Bonchev–Trinajstić information content (AvgIpc) is 2.93. The summed E-state index contributed by atoms with van der Waals surface area (Å²) in [6, 6.07) is 0. The van der Waals surface area contributed by atoms with Crippen molar-refractivity contribution in [2.75, 3.05) is 19.8 Å². The van der Waals surface area contributed by atoms with Crippen molar-refractivity contribution >= 4 is 12.3 Å². The van der Waals surface area contributed by atoms with E-state index in [0.29, 0.717) is 38.1 Å². The molecule has 5 nitrogen and oxygen atoms in total. The first-order chi connectivity index (χ1) is 10.2. The van der Waals surface area contributed by atoms with Crippen LogP contribution in [0.3, 0.4) is 0 Å². The molecule has 3 aliphatic rings. The predicted octanol–water partition coefficient (Wildman–Crippen LogP) is 1.93. The summed E-state index contributed by atoms with van der Waals surface area (Å²) in [5, 5.41) is 0. The van der Waals surface area contributed by atoms with E-state index in [1.54, 1.807) is 0 Å². The second-order valence-electron chi connectivity index (χ2n) is 6.49. The van der Waals surface area contributed by atoms with E-state index in [9.17, 15) is 9.59 Å². The zero-order valence-corrected chi connectivity index (χ0v) is 12.6. The first-order valence-electron chi connectivity index (χ1n) is 8.07. The molecule has 1 spiro atoms. The van der Waals surface area contributed by atoms with Crippen LogP contribution in [0.15, 0.2) is 0 Å². The molecule has 0 radical (unpaired) electrons. The maximum atomic E-state index is 12.0.